The zero-order valence-corrected chi connectivity index (χ0v) is 14.2. The van der Waals surface area contributed by atoms with Gasteiger partial charge in [-0.2, -0.15) is 0 Å². The lowest BCUT2D eigenvalue weighted by atomic mass is 9.85. The molecule has 1 aliphatic rings. The number of piperidine rings is 1. The Balaban J connectivity index is 1.73. The highest BCUT2D eigenvalue weighted by atomic mass is 19.1. The second-order valence-corrected chi connectivity index (χ2v) is 6.36. The van der Waals surface area contributed by atoms with Crippen LogP contribution in [0.2, 0.25) is 0 Å². The number of halogens is 1. The van der Waals surface area contributed by atoms with Crippen molar-refractivity contribution in [1.29, 1.82) is 0 Å². The summed E-state index contributed by atoms with van der Waals surface area (Å²) in [4.78, 5) is 18.5. The zero-order chi connectivity index (χ0) is 17.1. The largest absolute Gasteiger partial charge is 0.466 e. The smallest absolute Gasteiger partial charge is 0.308 e. The van der Waals surface area contributed by atoms with Crippen LogP contribution in [0, 0.1) is 17.7 Å². The molecule has 0 spiro atoms. The summed E-state index contributed by atoms with van der Waals surface area (Å²) >= 11 is 0. The van der Waals surface area contributed by atoms with Gasteiger partial charge in [0.25, 0.3) is 0 Å². The second-order valence-electron chi connectivity index (χ2n) is 6.36. The molecule has 1 aromatic carbocycles. The van der Waals surface area contributed by atoms with Crippen LogP contribution in [-0.2, 0) is 9.53 Å². The van der Waals surface area contributed by atoms with Gasteiger partial charge in [0.15, 0.2) is 0 Å². The van der Waals surface area contributed by atoms with Gasteiger partial charge in [0.2, 0.25) is 0 Å². The number of benzene rings is 1. The highest BCUT2D eigenvalue weighted by Crippen LogP contribution is 2.32. The highest BCUT2D eigenvalue weighted by Gasteiger charge is 2.29. The molecule has 0 aliphatic carbocycles. The van der Waals surface area contributed by atoms with E-state index in [1.54, 1.807) is 18.3 Å². The zero-order valence-electron chi connectivity index (χ0n) is 14.2. The van der Waals surface area contributed by atoms with E-state index in [4.69, 9.17) is 4.74 Å². The monoisotopic (exact) mass is 330 g/mol. The minimum Gasteiger partial charge on any atom is -0.466 e. The number of pyridine rings is 1. The number of nitrogens with zero attached hydrogens (tertiary/aromatic N) is 2. The molecular formula is C19H23FN2O2. The maximum Gasteiger partial charge on any atom is 0.308 e. The van der Waals surface area contributed by atoms with Crippen molar-refractivity contribution in [2.45, 2.75) is 26.7 Å². The van der Waals surface area contributed by atoms with Crippen LogP contribution in [0.3, 0.4) is 0 Å². The molecule has 1 saturated heterocycles. The van der Waals surface area contributed by atoms with Crippen LogP contribution in [0.25, 0.3) is 10.9 Å². The molecule has 1 aliphatic heterocycles. The van der Waals surface area contributed by atoms with Crippen molar-refractivity contribution < 1.29 is 13.9 Å². The highest BCUT2D eigenvalue weighted by molar-refractivity contribution is 5.91. The normalized spacial score (nSPS) is 17.0. The molecule has 1 fully saturated rings. The Labute approximate surface area is 141 Å². The van der Waals surface area contributed by atoms with Crippen molar-refractivity contribution >= 4 is 22.6 Å². The summed E-state index contributed by atoms with van der Waals surface area (Å²) in [6.07, 6.45) is 3.63. The first-order valence-corrected chi connectivity index (χ1v) is 8.56. The van der Waals surface area contributed by atoms with Crippen molar-refractivity contribution in [3.63, 3.8) is 0 Å². The van der Waals surface area contributed by atoms with Crippen molar-refractivity contribution in [3.05, 3.63) is 36.3 Å². The fourth-order valence-corrected chi connectivity index (χ4v) is 3.49. The fourth-order valence-electron chi connectivity index (χ4n) is 3.49. The van der Waals surface area contributed by atoms with Gasteiger partial charge in [0.1, 0.15) is 5.82 Å². The standard InChI is InChI=1S/C19H23FN2O2/c1-3-24-19(23)13(2)14-7-10-22(11-8-14)18-6-9-21-17-5-4-15(20)12-16(17)18/h4-6,9,12-14H,3,7-8,10-11H2,1-2H3. The number of rotatable bonds is 4. The van der Waals surface area contributed by atoms with E-state index in [-0.39, 0.29) is 17.7 Å². The minimum absolute atomic E-state index is 0.0706. The number of esters is 1. The van der Waals surface area contributed by atoms with Gasteiger partial charge < -0.3 is 9.64 Å². The Morgan fingerprint density at radius 1 is 1.38 bits per heavy atom. The number of ether oxygens (including phenoxy) is 1. The molecule has 0 saturated carbocycles. The molecule has 0 bridgehead atoms. The SMILES string of the molecule is CCOC(=O)C(C)C1CCN(c2ccnc3ccc(F)cc23)CC1. The Morgan fingerprint density at radius 3 is 2.83 bits per heavy atom. The van der Waals surface area contributed by atoms with Crippen molar-refractivity contribution in [1.82, 2.24) is 4.98 Å². The lowest BCUT2D eigenvalue weighted by Crippen LogP contribution is -2.37. The fraction of sp³-hybridized carbons (Fsp3) is 0.474. The number of carbonyl (C=O) groups is 1. The van der Waals surface area contributed by atoms with Crippen LogP contribution in [0.5, 0.6) is 0 Å². The maximum absolute atomic E-state index is 13.6. The molecular weight excluding hydrogens is 307 g/mol. The van der Waals surface area contributed by atoms with E-state index in [1.807, 2.05) is 19.9 Å². The molecule has 1 aromatic heterocycles. The number of fused-ring (bicyclic) bond motifs is 1. The van der Waals surface area contributed by atoms with Gasteiger partial charge in [-0.1, -0.05) is 6.92 Å². The third kappa shape index (κ3) is 3.35. The number of hydrogen-bond donors (Lipinski definition) is 0. The third-order valence-corrected chi connectivity index (χ3v) is 4.93. The van der Waals surface area contributed by atoms with Gasteiger partial charge >= 0.3 is 5.97 Å². The lowest BCUT2D eigenvalue weighted by Gasteiger charge is -2.36. The average Bonchev–Trinajstić information content (AvgIpc) is 2.61. The molecule has 5 heteroatoms. The van der Waals surface area contributed by atoms with E-state index in [0.29, 0.717) is 12.5 Å². The van der Waals surface area contributed by atoms with E-state index >= 15 is 0 Å². The molecule has 1 atom stereocenters. The van der Waals surface area contributed by atoms with Crippen molar-refractivity contribution in [3.8, 4) is 0 Å². The summed E-state index contributed by atoms with van der Waals surface area (Å²) in [5, 5.41) is 0.842. The summed E-state index contributed by atoms with van der Waals surface area (Å²) in [5.41, 5.74) is 1.82. The van der Waals surface area contributed by atoms with Gasteiger partial charge in [-0.3, -0.25) is 9.78 Å². The number of hydrogen-bond acceptors (Lipinski definition) is 4. The van der Waals surface area contributed by atoms with Crippen molar-refractivity contribution in [2.24, 2.45) is 11.8 Å². The minimum atomic E-state index is -0.248. The molecule has 4 nitrogen and oxygen atoms in total. The summed E-state index contributed by atoms with van der Waals surface area (Å²) in [7, 11) is 0. The van der Waals surface area contributed by atoms with Crippen LogP contribution >= 0.6 is 0 Å². The quantitative estimate of drug-likeness (QED) is 0.800. The van der Waals surface area contributed by atoms with Crippen molar-refractivity contribution in [2.75, 3.05) is 24.6 Å². The van der Waals surface area contributed by atoms with Crippen LogP contribution < -0.4 is 4.90 Å². The van der Waals surface area contributed by atoms with E-state index in [2.05, 4.69) is 9.88 Å². The Morgan fingerprint density at radius 2 is 2.12 bits per heavy atom. The Kier molecular flexibility index (Phi) is 4.97. The predicted octanol–water partition coefficient (Wildman–Crippen LogP) is 3.79. The van der Waals surface area contributed by atoms with E-state index in [9.17, 15) is 9.18 Å². The molecule has 1 unspecified atom stereocenters. The predicted molar refractivity (Wildman–Crippen MR) is 92.4 cm³/mol. The van der Waals surface area contributed by atoms with Crippen LogP contribution in [0.15, 0.2) is 30.5 Å². The Hall–Kier alpha value is -2.17. The summed E-state index contributed by atoms with van der Waals surface area (Å²) < 4.78 is 18.8. The van der Waals surface area contributed by atoms with Gasteiger partial charge in [-0.15, -0.1) is 0 Å². The molecule has 2 aromatic rings. The number of aromatic nitrogens is 1. The van der Waals surface area contributed by atoms with Gasteiger partial charge in [0, 0.05) is 30.4 Å². The summed E-state index contributed by atoms with van der Waals surface area (Å²) in [6.45, 7) is 5.92. The molecule has 0 N–H and O–H groups in total. The van der Waals surface area contributed by atoms with E-state index in [1.165, 1.54) is 6.07 Å². The summed E-state index contributed by atoms with van der Waals surface area (Å²) in [6, 6.07) is 6.64. The number of anilines is 1. The summed E-state index contributed by atoms with van der Waals surface area (Å²) in [5.74, 6) is -0.0844. The van der Waals surface area contributed by atoms with Crippen LogP contribution in [-0.4, -0.2) is 30.6 Å². The molecule has 0 amide bonds. The molecule has 2 heterocycles. The van der Waals surface area contributed by atoms with Crippen LogP contribution in [0.4, 0.5) is 10.1 Å². The first kappa shape index (κ1) is 16.7. The molecule has 128 valence electrons. The topological polar surface area (TPSA) is 42.4 Å². The molecule has 0 radical (unpaired) electrons. The first-order chi connectivity index (χ1) is 11.6. The van der Waals surface area contributed by atoms with Gasteiger partial charge in [0.05, 0.1) is 18.0 Å². The van der Waals surface area contributed by atoms with Crippen LogP contribution in [0.1, 0.15) is 26.7 Å². The van der Waals surface area contributed by atoms with Gasteiger partial charge in [-0.25, -0.2) is 4.39 Å². The lowest BCUT2D eigenvalue weighted by molar-refractivity contribution is -0.149. The van der Waals surface area contributed by atoms with E-state index in [0.717, 1.165) is 42.5 Å². The van der Waals surface area contributed by atoms with E-state index < -0.39 is 0 Å². The van der Waals surface area contributed by atoms with Gasteiger partial charge in [-0.05, 0) is 49.9 Å². The molecule has 24 heavy (non-hydrogen) atoms. The first-order valence-electron chi connectivity index (χ1n) is 8.56. The Bertz CT molecular complexity index is 726. The maximum atomic E-state index is 13.6. The molecule has 3 rings (SSSR count). The average molecular weight is 330 g/mol. The third-order valence-electron chi connectivity index (χ3n) is 4.93. The number of carbonyl (C=O) groups excluding carboxylic acids is 1. The second kappa shape index (κ2) is 7.16.